The van der Waals surface area contributed by atoms with E-state index in [1.54, 1.807) is 0 Å². The fourth-order valence-electron chi connectivity index (χ4n) is 4.48. The number of hydrogen-bond donors (Lipinski definition) is 1. The van der Waals surface area contributed by atoms with Gasteiger partial charge >= 0.3 is 0 Å². The summed E-state index contributed by atoms with van der Waals surface area (Å²) in [5, 5.41) is 3.46. The van der Waals surface area contributed by atoms with E-state index < -0.39 is 0 Å². The number of nitrogens with zero attached hydrogens (tertiary/aromatic N) is 1. The van der Waals surface area contributed by atoms with Crippen molar-refractivity contribution in [1.82, 2.24) is 10.2 Å². The maximum absolute atomic E-state index is 13.0. The summed E-state index contributed by atoms with van der Waals surface area (Å²) in [6, 6.07) is 8.02. The lowest BCUT2D eigenvalue weighted by Gasteiger charge is -2.45. The number of para-hydroxylation sites is 1. The second kappa shape index (κ2) is 7.32. The minimum Gasteiger partial charge on any atom is -0.493 e. The van der Waals surface area contributed by atoms with Crippen LogP contribution in [0.3, 0.4) is 0 Å². The van der Waals surface area contributed by atoms with Gasteiger partial charge in [-0.1, -0.05) is 18.2 Å². The molecule has 1 N–H and O–H groups in total. The van der Waals surface area contributed by atoms with E-state index in [1.807, 2.05) is 18.2 Å². The topological polar surface area (TPSA) is 41.6 Å². The summed E-state index contributed by atoms with van der Waals surface area (Å²) in [7, 11) is 0. The van der Waals surface area contributed by atoms with Crippen LogP contribution in [0.1, 0.15) is 43.6 Å². The van der Waals surface area contributed by atoms with E-state index in [-0.39, 0.29) is 18.3 Å². The molecular weight excluding hydrogens is 324 g/mol. The molecule has 2 fully saturated rings. The molecule has 24 heavy (non-hydrogen) atoms. The highest BCUT2D eigenvalue weighted by molar-refractivity contribution is 5.85. The van der Waals surface area contributed by atoms with Gasteiger partial charge in [-0.15, -0.1) is 12.4 Å². The van der Waals surface area contributed by atoms with Crippen molar-refractivity contribution in [3.8, 4) is 5.75 Å². The van der Waals surface area contributed by atoms with E-state index in [9.17, 15) is 4.79 Å². The molecule has 4 nitrogen and oxygen atoms in total. The molecule has 3 aliphatic heterocycles. The highest BCUT2D eigenvalue weighted by Gasteiger charge is 2.39. The average Bonchev–Trinajstić information content (AvgIpc) is 2.62. The first-order valence-electron chi connectivity index (χ1n) is 8.99. The van der Waals surface area contributed by atoms with Crippen molar-refractivity contribution in [2.24, 2.45) is 5.41 Å². The number of halogens is 1. The smallest absolute Gasteiger partial charge is 0.230 e. The highest BCUT2D eigenvalue weighted by Crippen LogP contribution is 2.41. The van der Waals surface area contributed by atoms with Gasteiger partial charge in [-0.3, -0.25) is 4.79 Å². The monoisotopic (exact) mass is 350 g/mol. The molecule has 0 aliphatic carbocycles. The van der Waals surface area contributed by atoms with Crippen molar-refractivity contribution in [2.45, 2.75) is 38.0 Å². The van der Waals surface area contributed by atoms with Crippen molar-refractivity contribution in [3.05, 3.63) is 29.8 Å². The lowest BCUT2D eigenvalue weighted by molar-refractivity contribution is -0.136. The minimum atomic E-state index is -0.0120. The third-order valence-electron chi connectivity index (χ3n) is 6.06. The van der Waals surface area contributed by atoms with E-state index in [0.717, 1.165) is 43.9 Å². The summed E-state index contributed by atoms with van der Waals surface area (Å²) in [5.74, 6) is 1.19. The fraction of sp³-hybridized carbons (Fsp3) is 0.632. The van der Waals surface area contributed by atoms with Crippen LogP contribution in [0.2, 0.25) is 0 Å². The lowest BCUT2D eigenvalue weighted by atomic mass is 9.71. The van der Waals surface area contributed by atoms with Gasteiger partial charge in [0.25, 0.3) is 0 Å². The average molecular weight is 351 g/mol. The number of likely N-dealkylation sites (tertiary alicyclic amines) is 1. The SMILES string of the molecule is Cl.O=C(C1CCOc2ccccc21)N1CCC2(CCNCC2)CC1. The van der Waals surface area contributed by atoms with E-state index >= 15 is 0 Å². The molecule has 5 heteroatoms. The van der Waals surface area contributed by atoms with E-state index in [2.05, 4.69) is 16.3 Å². The van der Waals surface area contributed by atoms with Crippen LogP contribution in [0.4, 0.5) is 0 Å². The van der Waals surface area contributed by atoms with Gasteiger partial charge in [0.15, 0.2) is 0 Å². The number of nitrogens with one attached hydrogen (secondary N) is 1. The summed E-state index contributed by atoms with van der Waals surface area (Å²) in [4.78, 5) is 15.2. The van der Waals surface area contributed by atoms with Crippen molar-refractivity contribution >= 4 is 18.3 Å². The Balaban J connectivity index is 0.00000169. The molecule has 1 aromatic carbocycles. The van der Waals surface area contributed by atoms with Crippen molar-refractivity contribution in [2.75, 3.05) is 32.8 Å². The quantitative estimate of drug-likeness (QED) is 0.846. The van der Waals surface area contributed by atoms with Gasteiger partial charge < -0.3 is 15.0 Å². The van der Waals surface area contributed by atoms with E-state index in [0.29, 0.717) is 17.9 Å². The molecule has 1 atom stereocenters. The maximum atomic E-state index is 13.0. The van der Waals surface area contributed by atoms with Gasteiger partial charge in [0.05, 0.1) is 12.5 Å². The molecule has 1 unspecified atom stereocenters. The fourth-order valence-corrected chi connectivity index (χ4v) is 4.48. The Labute approximate surface area is 150 Å². The Hall–Kier alpha value is -1.26. The molecule has 1 amide bonds. The number of hydrogen-bond acceptors (Lipinski definition) is 3. The summed E-state index contributed by atoms with van der Waals surface area (Å²) in [5.41, 5.74) is 1.57. The van der Waals surface area contributed by atoms with Crippen LogP contribution in [0.15, 0.2) is 24.3 Å². The van der Waals surface area contributed by atoms with Gasteiger partial charge in [0, 0.05) is 18.7 Å². The molecule has 0 aromatic heterocycles. The second-order valence-electron chi connectivity index (χ2n) is 7.30. The molecule has 4 rings (SSSR count). The van der Waals surface area contributed by atoms with E-state index in [1.165, 1.54) is 25.7 Å². The summed E-state index contributed by atoms with van der Waals surface area (Å²) < 4.78 is 5.70. The predicted molar refractivity (Wildman–Crippen MR) is 96.9 cm³/mol. The third-order valence-corrected chi connectivity index (χ3v) is 6.06. The molecule has 0 radical (unpaired) electrons. The minimum absolute atomic E-state index is 0. The summed E-state index contributed by atoms with van der Waals surface area (Å²) >= 11 is 0. The van der Waals surface area contributed by atoms with Crippen molar-refractivity contribution in [1.29, 1.82) is 0 Å². The number of amides is 1. The number of ether oxygens (including phenoxy) is 1. The molecule has 3 heterocycles. The number of benzene rings is 1. The Morgan fingerprint density at radius 3 is 2.58 bits per heavy atom. The highest BCUT2D eigenvalue weighted by atomic mass is 35.5. The number of fused-ring (bicyclic) bond motifs is 1. The summed E-state index contributed by atoms with van der Waals surface area (Å²) in [6.07, 6.45) is 5.70. The number of rotatable bonds is 1. The van der Waals surface area contributed by atoms with Crippen LogP contribution in [0.25, 0.3) is 0 Å². The first-order chi connectivity index (χ1) is 11.3. The van der Waals surface area contributed by atoms with Crippen LogP contribution >= 0.6 is 12.4 Å². The molecule has 1 aromatic rings. The lowest BCUT2D eigenvalue weighted by Crippen LogP contribution is -2.48. The Morgan fingerprint density at radius 1 is 1.12 bits per heavy atom. The first-order valence-corrected chi connectivity index (χ1v) is 8.99. The molecule has 132 valence electrons. The van der Waals surface area contributed by atoms with Crippen LogP contribution in [0.5, 0.6) is 5.75 Å². The van der Waals surface area contributed by atoms with Gasteiger partial charge in [-0.2, -0.15) is 0 Å². The Bertz CT molecular complexity index is 576. The number of piperidine rings is 2. The molecule has 0 bridgehead atoms. The molecule has 2 saturated heterocycles. The van der Waals surface area contributed by atoms with Crippen LogP contribution in [0, 0.1) is 5.41 Å². The molecular formula is C19H27ClN2O2. The summed E-state index contributed by atoms with van der Waals surface area (Å²) in [6.45, 7) is 4.79. The number of carbonyl (C=O) groups excluding carboxylic acids is 1. The van der Waals surface area contributed by atoms with Crippen molar-refractivity contribution < 1.29 is 9.53 Å². The van der Waals surface area contributed by atoms with Crippen molar-refractivity contribution in [3.63, 3.8) is 0 Å². The predicted octanol–water partition coefficient (Wildman–Crippen LogP) is 2.97. The first kappa shape index (κ1) is 17.6. The van der Waals surface area contributed by atoms with Crippen LogP contribution in [-0.2, 0) is 4.79 Å². The van der Waals surface area contributed by atoms with Gasteiger partial charge in [0.2, 0.25) is 5.91 Å². The zero-order valence-corrected chi connectivity index (χ0v) is 14.9. The zero-order valence-electron chi connectivity index (χ0n) is 14.1. The van der Waals surface area contributed by atoms with Gasteiger partial charge in [-0.25, -0.2) is 0 Å². The standard InChI is InChI=1S/C19H26N2O2.ClH/c22-18(16-5-14-23-17-4-2-1-3-15(16)17)21-12-8-19(9-13-21)6-10-20-11-7-19;/h1-4,16,20H,5-14H2;1H. The largest absolute Gasteiger partial charge is 0.493 e. The molecule has 3 aliphatic rings. The maximum Gasteiger partial charge on any atom is 0.230 e. The van der Waals surface area contributed by atoms with Gasteiger partial charge in [0.1, 0.15) is 5.75 Å². The molecule has 0 saturated carbocycles. The number of carbonyl (C=O) groups is 1. The van der Waals surface area contributed by atoms with Crippen LogP contribution in [-0.4, -0.2) is 43.6 Å². The van der Waals surface area contributed by atoms with E-state index in [4.69, 9.17) is 4.74 Å². The second-order valence-corrected chi connectivity index (χ2v) is 7.30. The van der Waals surface area contributed by atoms with Crippen LogP contribution < -0.4 is 10.1 Å². The zero-order chi connectivity index (χ0) is 15.7. The molecule has 1 spiro atoms. The Kier molecular flexibility index (Phi) is 5.36. The third kappa shape index (κ3) is 3.27. The van der Waals surface area contributed by atoms with Gasteiger partial charge in [-0.05, 0) is 56.7 Å². The normalized spacial score (nSPS) is 25.3. The Morgan fingerprint density at radius 2 is 1.83 bits per heavy atom.